The maximum absolute atomic E-state index is 12.4. The van der Waals surface area contributed by atoms with Crippen molar-refractivity contribution in [2.75, 3.05) is 5.32 Å². The Bertz CT molecular complexity index is 931. The smallest absolute Gasteiger partial charge is 0.240 e. The van der Waals surface area contributed by atoms with Crippen LogP contribution in [0.3, 0.4) is 0 Å². The number of nitrogens with one attached hydrogen (secondary N) is 2. The predicted octanol–water partition coefficient (Wildman–Crippen LogP) is 3.79. The highest BCUT2D eigenvalue weighted by Gasteiger charge is 2.32. The van der Waals surface area contributed by atoms with Crippen LogP contribution in [0.1, 0.15) is 27.2 Å². The van der Waals surface area contributed by atoms with Gasteiger partial charge >= 0.3 is 0 Å². The molecule has 2 aromatic carbocycles. The van der Waals surface area contributed by atoms with E-state index in [1.807, 2.05) is 63.2 Å². The maximum Gasteiger partial charge on any atom is 0.240 e. The van der Waals surface area contributed by atoms with Gasteiger partial charge in [-0.25, -0.2) is 0 Å². The molecule has 1 aliphatic rings. The second kappa shape index (κ2) is 8.35. The number of hydrogen-bond donors (Lipinski definition) is 2. The molecule has 1 unspecified atom stereocenters. The number of anilines is 1. The fraction of sp³-hybridized carbons (Fsp3) is 0.300. The highest BCUT2D eigenvalue weighted by molar-refractivity contribution is 8.15. The summed E-state index contributed by atoms with van der Waals surface area (Å²) in [5, 5.41) is 15.8. The van der Waals surface area contributed by atoms with Gasteiger partial charge in [0.05, 0.1) is 0 Å². The van der Waals surface area contributed by atoms with Crippen molar-refractivity contribution in [2.24, 2.45) is 16.1 Å². The van der Waals surface area contributed by atoms with Gasteiger partial charge in [0, 0.05) is 23.2 Å². The molecule has 2 aromatic rings. The number of rotatable bonds is 5. The van der Waals surface area contributed by atoms with Crippen molar-refractivity contribution in [2.45, 2.75) is 32.4 Å². The first kappa shape index (κ1) is 19.1. The first-order valence-corrected chi connectivity index (χ1v) is 9.69. The molecule has 2 N–H and O–H groups in total. The Morgan fingerprint density at radius 1 is 1.22 bits per heavy atom. The number of amidine groups is 1. The van der Waals surface area contributed by atoms with Crippen molar-refractivity contribution >= 4 is 50.9 Å². The topological polar surface area (TPSA) is 82.9 Å². The van der Waals surface area contributed by atoms with Gasteiger partial charge in [0.2, 0.25) is 11.8 Å². The molecule has 0 radical (unpaired) electrons. The number of benzene rings is 2. The average molecular weight is 382 g/mol. The summed E-state index contributed by atoms with van der Waals surface area (Å²) in [6.45, 7) is 5.95. The highest BCUT2D eigenvalue weighted by atomic mass is 32.2. The van der Waals surface area contributed by atoms with Gasteiger partial charge in [-0.15, -0.1) is 5.10 Å². The first-order valence-electron chi connectivity index (χ1n) is 8.81. The molecule has 0 spiro atoms. The number of amides is 2. The minimum atomic E-state index is -0.506. The minimum absolute atomic E-state index is 0.0750. The largest absolute Gasteiger partial charge is 0.325 e. The molecule has 27 heavy (non-hydrogen) atoms. The van der Waals surface area contributed by atoms with Crippen LogP contribution in [0.25, 0.3) is 10.8 Å². The van der Waals surface area contributed by atoms with Gasteiger partial charge in [0.25, 0.3) is 0 Å². The molecule has 1 atom stereocenters. The predicted molar refractivity (Wildman–Crippen MR) is 112 cm³/mol. The number of hydrogen-bond acceptors (Lipinski definition) is 5. The zero-order valence-corrected chi connectivity index (χ0v) is 16.3. The zero-order chi connectivity index (χ0) is 19.4. The summed E-state index contributed by atoms with van der Waals surface area (Å²) in [5.41, 5.74) is 1.63. The molecule has 6 nitrogen and oxygen atoms in total. The maximum atomic E-state index is 12.4. The lowest BCUT2D eigenvalue weighted by molar-refractivity contribution is -0.122. The Balaban J connectivity index is 1.65. The molecule has 0 aromatic heterocycles. The molecule has 2 amide bonds. The lowest BCUT2D eigenvalue weighted by Gasteiger charge is -2.10. The molecule has 1 heterocycles. The minimum Gasteiger partial charge on any atom is -0.325 e. The number of fused-ring (bicyclic) bond motifs is 1. The molecular formula is C20H22N4O2S. The third kappa shape index (κ3) is 4.74. The molecule has 140 valence electrons. The van der Waals surface area contributed by atoms with Crippen LogP contribution < -0.4 is 10.6 Å². The molecule has 1 fully saturated rings. The Hall–Kier alpha value is -2.67. The van der Waals surface area contributed by atoms with Crippen LogP contribution in [0.15, 0.2) is 52.7 Å². The summed E-state index contributed by atoms with van der Waals surface area (Å²) >= 11 is 1.24. The van der Waals surface area contributed by atoms with E-state index in [1.54, 1.807) is 0 Å². The van der Waals surface area contributed by atoms with Crippen LogP contribution in [0.5, 0.6) is 0 Å². The monoisotopic (exact) mass is 382 g/mol. The number of carbonyl (C=O) groups is 2. The third-order valence-corrected chi connectivity index (χ3v) is 5.42. The van der Waals surface area contributed by atoms with E-state index in [4.69, 9.17) is 0 Å². The van der Waals surface area contributed by atoms with E-state index in [0.717, 1.165) is 22.2 Å². The molecule has 3 rings (SSSR count). The Morgan fingerprint density at radius 2 is 1.96 bits per heavy atom. The summed E-state index contributed by atoms with van der Waals surface area (Å²) < 4.78 is 0. The average Bonchev–Trinajstić information content (AvgIpc) is 2.99. The Morgan fingerprint density at radius 3 is 2.74 bits per heavy atom. The van der Waals surface area contributed by atoms with Crippen LogP contribution in [0.2, 0.25) is 0 Å². The van der Waals surface area contributed by atoms with Crippen molar-refractivity contribution in [1.82, 2.24) is 5.32 Å². The highest BCUT2D eigenvalue weighted by Crippen LogP contribution is 2.26. The summed E-state index contributed by atoms with van der Waals surface area (Å²) in [6, 6.07) is 13.6. The van der Waals surface area contributed by atoms with E-state index in [9.17, 15) is 9.59 Å². The van der Waals surface area contributed by atoms with Gasteiger partial charge in [-0.1, -0.05) is 62.0 Å². The van der Waals surface area contributed by atoms with Gasteiger partial charge in [-0.3, -0.25) is 9.59 Å². The lowest BCUT2D eigenvalue weighted by Crippen LogP contribution is -2.28. The Kier molecular flexibility index (Phi) is 5.91. The van der Waals surface area contributed by atoms with E-state index in [-0.39, 0.29) is 18.2 Å². The number of thioether (sulfide) groups is 1. The van der Waals surface area contributed by atoms with E-state index < -0.39 is 5.25 Å². The molecular weight excluding hydrogens is 360 g/mol. The van der Waals surface area contributed by atoms with Crippen LogP contribution in [0, 0.1) is 5.92 Å². The SMILES string of the molecule is C/C(=N/N=C1\NC(=O)C(CC(=O)Nc2cccc3ccccc23)S1)C(C)C. The van der Waals surface area contributed by atoms with E-state index >= 15 is 0 Å². The summed E-state index contributed by atoms with van der Waals surface area (Å²) in [5.74, 6) is -0.134. The molecule has 7 heteroatoms. The van der Waals surface area contributed by atoms with Gasteiger partial charge in [0.15, 0.2) is 5.17 Å². The number of carbonyl (C=O) groups excluding carboxylic acids is 2. The molecule has 0 aliphatic carbocycles. The van der Waals surface area contributed by atoms with E-state index in [2.05, 4.69) is 20.8 Å². The van der Waals surface area contributed by atoms with Crippen LogP contribution in [-0.4, -0.2) is 27.9 Å². The van der Waals surface area contributed by atoms with Gasteiger partial charge in [-0.2, -0.15) is 5.10 Å². The van der Waals surface area contributed by atoms with Crippen molar-refractivity contribution in [3.8, 4) is 0 Å². The van der Waals surface area contributed by atoms with Gasteiger partial charge in [-0.05, 0) is 24.3 Å². The van der Waals surface area contributed by atoms with Crippen molar-refractivity contribution < 1.29 is 9.59 Å². The van der Waals surface area contributed by atoms with Crippen molar-refractivity contribution in [3.05, 3.63) is 42.5 Å². The second-order valence-electron chi connectivity index (χ2n) is 6.68. The number of nitrogens with zero attached hydrogens (tertiary/aromatic N) is 2. The lowest BCUT2D eigenvalue weighted by atomic mass is 10.1. The normalized spacial score (nSPS) is 19.0. The molecule has 0 bridgehead atoms. The summed E-state index contributed by atoms with van der Waals surface area (Å²) in [6.07, 6.45) is 0.0750. The van der Waals surface area contributed by atoms with Crippen LogP contribution in [-0.2, 0) is 9.59 Å². The standard InChI is InChI=1S/C20H22N4O2S/c1-12(2)13(3)23-24-20-22-19(26)17(27-20)11-18(25)21-16-10-6-8-14-7-4-5-9-15(14)16/h4-10,12,17H,11H2,1-3H3,(H,21,25)(H,22,24,26)/b23-13-. The quantitative estimate of drug-likeness (QED) is 0.610. The van der Waals surface area contributed by atoms with Crippen molar-refractivity contribution in [3.63, 3.8) is 0 Å². The molecule has 1 aliphatic heterocycles. The second-order valence-corrected chi connectivity index (χ2v) is 7.87. The van der Waals surface area contributed by atoms with Gasteiger partial charge in [0.1, 0.15) is 5.25 Å². The van der Waals surface area contributed by atoms with Crippen molar-refractivity contribution in [1.29, 1.82) is 0 Å². The zero-order valence-electron chi connectivity index (χ0n) is 15.5. The van der Waals surface area contributed by atoms with Crippen LogP contribution >= 0.6 is 11.8 Å². The Labute approximate surface area is 162 Å². The van der Waals surface area contributed by atoms with Gasteiger partial charge < -0.3 is 10.6 Å². The fourth-order valence-corrected chi connectivity index (χ4v) is 3.45. The molecule has 1 saturated heterocycles. The summed E-state index contributed by atoms with van der Waals surface area (Å²) in [7, 11) is 0. The van der Waals surface area contributed by atoms with Crippen LogP contribution in [0.4, 0.5) is 5.69 Å². The fourth-order valence-electron chi connectivity index (χ4n) is 2.53. The first-order chi connectivity index (χ1) is 12.9. The third-order valence-electron chi connectivity index (χ3n) is 4.35. The van der Waals surface area contributed by atoms with E-state index in [1.165, 1.54) is 11.8 Å². The molecule has 0 saturated carbocycles. The van der Waals surface area contributed by atoms with E-state index in [0.29, 0.717) is 11.1 Å². The summed E-state index contributed by atoms with van der Waals surface area (Å²) in [4.78, 5) is 24.6.